The van der Waals surface area contributed by atoms with E-state index in [4.69, 9.17) is 0 Å². The molecular formula is C10H17N. The number of rotatable bonds is 5. The van der Waals surface area contributed by atoms with Crippen molar-refractivity contribution in [1.29, 1.82) is 0 Å². The number of allylic oxidation sites excluding steroid dienone is 3. The first-order valence-electron chi connectivity index (χ1n) is 4.02. The molecule has 0 rings (SSSR count). The Morgan fingerprint density at radius 1 is 1.27 bits per heavy atom. The number of hydrogen-bond acceptors (Lipinski definition) is 1. The van der Waals surface area contributed by atoms with E-state index < -0.39 is 0 Å². The van der Waals surface area contributed by atoms with Crippen LogP contribution in [0.1, 0.15) is 20.3 Å². The molecule has 0 bridgehead atoms. The maximum absolute atomic E-state index is 3.74. The SMILES string of the molecule is C=C/C(CC)=C(\C=C)NCC. The molecule has 0 radical (unpaired) electrons. The third-order valence-electron chi connectivity index (χ3n) is 1.54. The Morgan fingerprint density at radius 2 is 1.91 bits per heavy atom. The second-order valence-corrected chi connectivity index (χ2v) is 2.23. The van der Waals surface area contributed by atoms with Crippen molar-refractivity contribution in [1.82, 2.24) is 5.32 Å². The summed E-state index contributed by atoms with van der Waals surface area (Å²) in [6, 6.07) is 0. The smallest absolute Gasteiger partial charge is 0.0366 e. The molecular weight excluding hydrogens is 134 g/mol. The first kappa shape index (κ1) is 10.0. The van der Waals surface area contributed by atoms with Crippen LogP contribution < -0.4 is 5.32 Å². The summed E-state index contributed by atoms with van der Waals surface area (Å²) < 4.78 is 0. The van der Waals surface area contributed by atoms with E-state index in [2.05, 4.69) is 32.3 Å². The standard InChI is InChI=1S/C10H17N/c1-5-9(6-2)10(7-3)11-8-4/h5,7,11H,1,3,6,8H2,2,4H3/b10-9-. The van der Waals surface area contributed by atoms with Crippen molar-refractivity contribution in [2.24, 2.45) is 0 Å². The van der Waals surface area contributed by atoms with Gasteiger partial charge in [0.2, 0.25) is 0 Å². The van der Waals surface area contributed by atoms with Gasteiger partial charge in [-0.05, 0) is 25.0 Å². The van der Waals surface area contributed by atoms with E-state index in [9.17, 15) is 0 Å². The lowest BCUT2D eigenvalue weighted by Crippen LogP contribution is -2.11. The van der Waals surface area contributed by atoms with Crippen molar-refractivity contribution >= 4 is 0 Å². The minimum atomic E-state index is 0.929. The van der Waals surface area contributed by atoms with E-state index in [-0.39, 0.29) is 0 Å². The van der Waals surface area contributed by atoms with Gasteiger partial charge in [-0.3, -0.25) is 0 Å². The first-order valence-corrected chi connectivity index (χ1v) is 4.02. The molecule has 0 aromatic carbocycles. The molecule has 0 atom stereocenters. The summed E-state index contributed by atoms with van der Waals surface area (Å²) in [6.07, 6.45) is 4.71. The fraction of sp³-hybridized carbons (Fsp3) is 0.400. The summed E-state index contributed by atoms with van der Waals surface area (Å²) in [4.78, 5) is 0. The maximum atomic E-state index is 3.74. The van der Waals surface area contributed by atoms with Gasteiger partial charge in [0.15, 0.2) is 0 Å². The van der Waals surface area contributed by atoms with E-state index in [1.54, 1.807) is 0 Å². The molecule has 11 heavy (non-hydrogen) atoms. The highest BCUT2D eigenvalue weighted by Crippen LogP contribution is 2.07. The van der Waals surface area contributed by atoms with Crippen LogP contribution in [-0.4, -0.2) is 6.54 Å². The highest BCUT2D eigenvalue weighted by atomic mass is 14.9. The third kappa shape index (κ3) is 3.08. The molecule has 1 nitrogen and oxygen atoms in total. The third-order valence-corrected chi connectivity index (χ3v) is 1.54. The molecule has 0 aromatic rings. The van der Waals surface area contributed by atoms with Crippen molar-refractivity contribution in [3.05, 3.63) is 36.6 Å². The summed E-state index contributed by atoms with van der Waals surface area (Å²) in [5.41, 5.74) is 2.33. The molecule has 0 saturated heterocycles. The van der Waals surface area contributed by atoms with Gasteiger partial charge in [-0.1, -0.05) is 26.2 Å². The Hall–Kier alpha value is -0.980. The van der Waals surface area contributed by atoms with Crippen LogP contribution in [0.4, 0.5) is 0 Å². The molecule has 0 fully saturated rings. The van der Waals surface area contributed by atoms with Crippen LogP contribution in [0.15, 0.2) is 36.6 Å². The van der Waals surface area contributed by atoms with E-state index in [0.717, 1.165) is 18.7 Å². The maximum Gasteiger partial charge on any atom is 0.0366 e. The molecule has 1 N–H and O–H groups in total. The Labute approximate surface area is 69.5 Å². The van der Waals surface area contributed by atoms with Gasteiger partial charge in [0, 0.05) is 12.2 Å². The van der Waals surface area contributed by atoms with E-state index in [0.29, 0.717) is 0 Å². The summed E-state index contributed by atoms with van der Waals surface area (Å²) in [5.74, 6) is 0. The predicted molar refractivity (Wildman–Crippen MR) is 51.4 cm³/mol. The van der Waals surface area contributed by atoms with Gasteiger partial charge < -0.3 is 5.32 Å². The summed E-state index contributed by atoms with van der Waals surface area (Å²) in [6.45, 7) is 12.6. The highest BCUT2D eigenvalue weighted by molar-refractivity contribution is 5.29. The predicted octanol–water partition coefficient (Wildman–Crippen LogP) is 2.63. The monoisotopic (exact) mass is 151 g/mol. The molecule has 0 amide bonds. The molecule has 0 spiro atoms. The Bertz CT molecular complexity index is 166. The number of hydrogen-bond donors (Lipinski definition) is 1. The average molecular weight is 151 g/mol. The van der Waals surface area contributed by atoms with Crippen LogP contribution in [-0.2, 0) is 0 Å². The number of nitrogens with one attached hydrogen (secondary N) is 1. The van der Waals surface area contributed by atoms with Gasteiger partial charge in [-0.25, -0.2) is 0 Å². The average Bonchev–Trinajstić information content (AvgIpc) is 2.05. The molecule has 0 aliphatic rings. The van der Waals surface area contributed by atoms with E-state index in [1.807, 2.05) is 12.2 Å². The molecule has 1 heteroatoms. The van der Waals surface area contributed by atoms with E-state index >= 15 is 0 Å². The zero-order chi connectivity index (χ0) is 8.69. The van der Waals surface area contributed by atoms with Crippen LogP contribution in [0.2, 0.25) is 0 Å². The fourth-order valence-electron chi connectivity index (χ4n) is 0.952. The normalized spacial score (nSPS) is 11.8. The zero-order valence-electron chi connectivity index (χ0n) is 7.48. The van der Waals surface area contributed by atoms with Crippen LogP contribution in [0.3, 0.4) is 0 Å². The Balaban J connectivity index is 4.46. The van der Waals surface area contributed by atoms with Gasteiger partial charge in [0.25, 0.3) is 0 Å². The molecule has 62 valence electrons. The van der Waals surface area contributed by atoms with Gasteiger partial charge in [0.1, 0.15) is 0 Å². The quantitative estimate of drug-likeness (QED) is 0.596. The van der Waals surface area contributed by atoms with Gasteiger partial charge >= 0.3 is 0 Å². The largest absolute Gasteiger partial charge is 0.385 e. The Kier molecular flexibility index (Phi) is 5.26. The topological polar surface area (TPSA) is 12.0 Å². The molecule has 0 aromatic heterocycles. The summed E-state index contributed by atoms with van der Waals surface area (Å²) >= 11 is 0. The second kappa shape index (κ2) is 5.78. The molecule has 0 aliphatic carbocycles. The van der Waals surface area contributed by atoms with Gasteiger partial charge in [-0.2, -0.15) is 0 Å². The molecule has 0 unspecified atom stereocenters. The van der Waals surface area contributed by atoms with Crippen LogP contribution in [0.5, 0.6) is 0 Å². The number of likely N-dealkylation sites (N-methyl/N-ethyl adjacent to an activating group) is 1. The van der Waals surface area contributed by atoms with Crippen LogP contribution in [0.25, 0.3) is 0 Å². The molecule has 0 aliphatic heterocycles. The lowest BCUT2D eigenvalue weighted by molar-refractivity contribution is 0.859. The molecule has 0 heterocycles. The summed E-state index contributed by atoms with van der Waals surface area (Å²) in [7, 11) is 0. The lowest BCUT2D eigenvalue weighted by atomic mass is 10.1. The van der Waals surface area contributed by atoms with Crippen LogP contribution in [0, 0.1) is 0 Å². The second-order valence-electron chi connectivity index (χ2n) is 2.23. The molecule has 0 saturated carbocycles. The highest BCUT2D eigenvalue weighted by Gasteiger charge is 1.94. The Morgan fingerprint density at radius 3 is 2.18 bits per heavy atom. The minimum Gasteiger partial charge on any atom is -0.385 e. The minimum absolute atomic E-state index is 0.929. The van der Waals surface area contributed by atoms with Gasteiger partial charge in [-0.15, -0.1) is 0 Å². The van der Waals surface area contributed by atoms with Crippen molar-refractivity contribution in [3.8, 4) is 0 Å². The first-order chi connectivity index (χ1) is 5.29. The van der Waals surface area contributed by atoms with E-state index in [1.165, 1.54) is 5.57 Å². The fourth-order valence-corrected chi connectivity index (χ4v) is 0.952. The van der Waals surface area contributed by atoms with Crippen molar-refractivity contribution in [2.45, 2.75) is 20.3 Å². The van der Waals surface area contributed by atoms with Crippen LogP contribution >= 0.6 is 0 Å². The van der Waals surface area contributed by atoms with Crippen molar-refractivity contribution in [2.75, 3.05) is 6.54 Å². The van der Waals surface area contributed by atoms with Crippen molar-refractivity contribution in [3.63, 3.8) is 0 Å². The van der Waals surface area contributed by atoms with Gasteiger partial charge in [0.05, 0.1) is 0 Å². The zero-order valence-corrected chi connectivity index (χ0v) is 7.48. The lowest BCUT2D eigenvalue weighted by Gasteiger charge is -2.07. The summed E-state index contributed by atoms with van der Waals surface area (Å²) in [5, 5.41) is 3.22. The van der Waals surface area contributed by atoms with Crippen molar-refractivity contribution < 1.29 is 0 Å².